The fraction of sp³-hybridized carbons (Fsp3) is 0.500. The molecule has 0 bridgehead atoms. The first kappa shape index (κ1) is 12.6. The van der Waals surface area contributed by atoms with Crippen molar-refractivity contribution >= 4 is 11.4 Å². The molecule has 0 saturated heterocycles. The predicted molar refractivity (Wildman–Crippen MR) is 67.0 cm³/mol. The maximum atomic E-state index is 9.23. The van der Waals surface area contributed by atoms with E-state index < -0.39 is 0 Å². The third-order valence-corrected chi connectivity index (χ3v) is 2.47. The SMILES string of the molecule is COc1cc(N)cc(N(C)CCC(C)O)c1. The van der Waals surface area contributed by atoms with Gasteiger partial charge in [0.2, 0.25) is 0 Å². The molecule has 0 aliphatic rings. The Kier molecular flexibility index (Phi) is 4.43. The van der Waals surface area contributed by atoms with Crippen LogP contribution in [-0.2, 0) is 0 Å². The van der Waals surface area contributed by atoms with Gasteiger partial charge in [-0.05, 0) is 19.4 Å². The van der Waals surface area contributed by atoms with Gasteiger partial charge in [0.15, 0.2) is 0 Å². The van der Waals surface area contributed by atoms with Crippen LogP contribution in [0.25, 0.3) is 0 Å². The lowest BCUT2D eigenvalue weighted by Crippen LogP contribution is -2.21. The Hall–Kier alpha value is -1.42. The summed E-state index contributed by atoms with van der Waals surface area (Å²) >= 11 is 0. The second kappa shape index (κ2) is 5.61. The zero-order valence-electron chi connectivity index (χ0n) is 10.1. The first-order valence-corrected chi connectivity index (χ1v) is 5.36. The highest BCUT2D eigenvalue weighted by atomic mass is 16.5. The Morgan fingerprint density at radius 3 is 2.69 bits per heavy atom. The Balaban J connectivity index is 2.74. The van der Waals surface area contributed by atoms with E-state index in [-0.39, 0.29) is 6.10 Å². The molecular formula is C12H20N2O2. The molecule has 4 nitrogen and oxygen atoms in total. The third-order valence-electron chi connectivity index (χ3n) is 2.47. The van der Waals surface area contributed by atoms with Crippen molar-refractivity contribution in [2.75, 3.05) is 31.3 Å². The molecule has 0 aromatic heterocycles. The monoisotopic (exact) mass is 224 g/mol. The predicted octanol–water partition coefficient (Wildman–Crippen LogP) is 1.48. The number of ether oxygens (including phenoxy) is 1. The molecule has 1 aromatic rings. The summed E-state index contributed by atoms with van der Waals surface area (Å²) in [5, 5.41) is 9.23. The van der Waals surface area contributed by atoms with Gasteiger partial charge in [0, 0.05) is 37.1 Å². The Labute approximate surface area is 96.6 Å². The summed E-state index contributed by atoms with van der Waals surface area (Å²) in [7, 11) is 3.59. The highest BCUT2D eigenvalue weighted by Crippen LogP contribution is 2.24. The number of aliphatic hydroxyl groups excluding tert-OH is 1. The molecular weight excluding hydrogens is 204 g/mol. The van der Waals surface area contributed by atoms with Crippen LogP contribution in [0.15, 0.2) is 18.2 Å². The molecule has 0 heterocycles. The number of anilines is 2. The zero-order valence-corrected chi connectivity index (χ0v) is 10.1. The number of nitrogens with two attached hydrogens (primary N) is 1. The average molecular weight is 224 g/mol. The van der Waals surface area contributed by atoms with Gasteiger partial charge < -0.3 is 20.5 Å². The van der Waals surface area contributed by atoms with Crippen LogP contribution in [0.4, 0.5) is 11.4 Å². The van der Waals surface area contributed by atoms with Crippen molar-refractivity contribution in [2.24, 2.45) is 0 Å². The number of benzene rings is 1. The minimum Gasteiger partial charge on any atom is -0.497 e. The molecule has 0 aliphatic heterocycles. The van der Waals surface area contributed by atoms with Crippen LogP contribution < -0.4 is 15.4 Å². The van der Waals surface area contributed by atoms with E-state index in [0.717, 1.165) is 24.4 Å². The van der Waals surface area contributed by atoms with Crippen LogP contribution >= 0.6 is 0 Å². The van der Waals surface area contributed by atoms with Gasteiger partial charge >= 0.3 is 0 Å². The van der Waals surface area contributed by atoms with Crippen LogP contribution in [0.2, 0.25) is 0 Å². The minimum atomic E-state index is -0.287. The first-order chi connectivity index (χ1) is 7.52. The summed E-state index contributed by atoms with van der Waals surface area (Å²) in [5.74, 6) is 0.749. The van der Waals surface area contributed by atoms with Crippen LogP contribution in [0.1, 0.15) is 13.3 Å². The molecule has 0 aliphatic carbocycles. The van der Waals surface area contributed by atoms with Crippen LogP contribution in [0, 0.1) is 0 Å². The lowest BCUT2D eigenvalue weighted by atomic mass is 10.2. The number of hydrogen-bond acceptors (Lipinski definition) is 4. The quantitative estimate of drug-likeness (QED) is 0.744. The summed E-state index contributed by atoms with van der Waals surface area (Å²) < 4.78 is 5.16. The lowest BCUT2D eigenvalue weighted by molar-refractivity contribution is 0.187. The number of nitrogens with zero attached hydrogens (tertiary/aromatic N) is 1. The van der Waals surface area contributed by atoms with E-state index >= 15 is 0 Å². The van der Waals surface area contributed by atoms with E-state index in [4.69, 9.17) is 10.5 Å². The molecule has 4 heteroatoms. The first-order valence-electron chi connectivity index (χ1n) is 5.36. The van der Waals surface area contributed by atoms with Crippen molar-refractivity contribution in [1.82, 2.24) is 0 Å². The Bertz CT molecular complexity index is 340. The van der Waals surface area contributed by atoms with Crippen LogP contribution in [-0.4, -0.2) is 31.9 Å². The summed E-state index contributed by atoms with van der Waals surface area (Å²) in [5.41, 5.74) is 7.45. The van der Waals surface area contributed by atoms with Crippen molar-refractivity contribution in [3.63, 3.8) is 0 Å². The Morgan fingerprint density at radius 1 is 1.44 bits per heavy atom. The Morgan fingerprint density at radius 2 is 2.12 bits per heavy atom. The summed E-state index contributed by atoms with van der Waals surface area (Å²) in [6.07, 6.45) is 0.443. The van der Waals surface area contributed by atoms with Gasteiger partial charge in [-0.25, -0.2) is 0 Å². The van der Waals surface area contributed by atoms with Crippen molar-refractivity contribution in [3.05, 3.63) is 18.2 Å². The normalized spacial score (nSPS) is 12.2. The van der Waals surface area contributed by atoms with Gasteiger partial charge in [-0.1, -0.05) is 0 Å². The van der Waals surface area contributed by atoms with E-state index in [1.165, 1.54) is 0 Å². The highest BCUT2D eigenvalue weighted by molar-refractivity contribution is 5.60. The third kappa shape index (κ3) is 3.62. The van der Waals surface area contributed by atoms with Gasteiger partial charge in [-0.3, -0.25) is 0 Å². The second-order valence-corrected chi connectivity index (χ2v) is 4.02. The molecule has 1 aromatic carbocycles. The fourth-order valence-electron chi connectivity index (χ4n) is 1.45. The number of hydrogen-bond donors (Lipinski definition) is 2. The summed E-state index contributed by atoms with van der Waals surface area (Å²) in [4.78, 5) is 2.05. The van der Waals surface area contributed by atoms with Crippen molar-refractivity contribution in [3.8, 4) is 5.75 Å². The summed E-state index contributed by atoms with van der Waals surface area (Å²) in [6, 6.07) is 5.61. The minimum absolute atomic E-state index is 0.287. The lowest BCUT2D eigenvalue weighted by Gasteiger charge is -2.21. The van der Waals surface area contributed by atoms with Crippen molar-refractivity contribution in [1.29, 1.82) is 0 Å². The number of rotatable bonds is 5. The second-order valence-electron chi connectivity index (χ2n) is 4.02. The smallest absolute Gasteiger partial charge is 0.122 e. The molecule has 1 atom stereocenters. The van der Waals surface area contributed by atoms with Gasteiger partial charge in [0.05, 0.1) is 13.2 Å². The van der Waals surface area contributed by atoms with Gasteiger partial charge in [0.25, 0.3) is 0 Å². The van der Waals surface area contributed by atoms with Crippen LogP contribution in [0.5, 0.6) is 5.75 Å². The maximum Gasteiger partial charge on any atom is 0.122 e. The van der Waals surface area contributed by atoms with E-state index in [0.29, 0.717) is 5.69 Å². The average Bonchev–Trinajstić information content (AvgIpc) is 2.24. The molecule has 90 valence electrons. The molecule has 0 radical (unpaired) electrons. The molecule has 0 fully saturated rings. The van der Waals surface area contributed by atoms with E-state index in [9.17, 15) is 5.11 Å². The van der Waals surface area contributed by atoms with Crippen molar-refractivity contribution < 1.29 is 9.84 Å². The molecule has 0 saturated carbocycles. The topological polar surface area (TPSA) is 58.7 Å². The maximum absolute atomic E-state index is 9.23. The molecule has 0 spiro atoms. The molecule has 1 rings (SSSR count). The highest BCUT2D eigenvalue weighted by Gasteiger charge is 2.05. The van der Waals surface area contributed by atoms with E-state index in [1.54, 1.807) is 20.1 Å². The largest absolute Gasteiger partial charge is 0.497 e. The van der Waals surface area contributed by atoms with Gasteiger partial charge in [0.1, 0.15) is 5.75 Å². The van der Waals surface area contributed by atoms with E-state index in [2.05, 4.69) is 0 Å². The molecule has 1 unspecified atom stereocenters. The van der Waals surface area contributed by atoms with E-state index in [1.807, 2.05) is 24.1 Å². The standard InChI is InChI=1S/C12H20N2O2/c1-9(15)4-5-14(2)11-6-10(13)7-12(8-11)16-3/h6-9,15H,4-5,13H2,1-3H3. The molecule has 0 amide bonds. The van der Waals surface area contributed by atoms with Crippen molar-refractivity contribution in [2.45, 2.75) is 19.4 Å². The molecule has 16 heavy (non-hydrogen) atoms. The fourth-order valence-corrected chi connectivity index (χ4v) is 1.45. The number of aliphatic hydroxyl groups is 1. The van der Waals surface area contributed by atoms with Crippen LogP contribution in [0.3, 0.4) is 0 Å². The van der Waals surface area contributed by atoms with Gasteiger partial charge in [-0.2, -0.15) is 0 Å². The number of methoxy groups -OCH3 is 1. The number of nitrogen functional groups attached to an aromatic ring is 1. The molecule has 3 N–H and O–H groups in total. The zero-order chi connectivity index (χ0) is 12.1. The van der Waals surface area contributed by atoms with Gasteiger partial charge in [-0.15, -0.1) is 0 Å². The summed E-state index contributed by atoms with van der Waals surface area (Å²) in [6.45, 7) is 2.57.